The third-order valence-electron chi connectivity index (χ3n) is 3.48. The van der Waals surface area contributed by atoms with Gasteiger partial charge in [0.05, 0.1) is 14.2 Å². The summed E-state index contributed by atoms with van der Waals surface area (Å²) in [6.45, 7) is 4.48. The Morgan fingerprint density at radius 2 is 1.84 bits per heavy atom. The van der Waals surface area contributed by atoms with Gasteiger partial charge in [0.25, 0.3) is 5.91 Å². The van der Waals surface area contributed by atoms with Gasteiger partial charge in [-0.3, -0.25) is 4.79 Å². The van der Waals surface area contributed by atoms with Crippen molar-refractivity contribution < 1.29 is 14.3 Å². The summed E-state index contributed by atoms with van der Waals surface area (Å²) in [5.41, 5.74) is 1.42. The summed E-state index contributed by atoms with van der Waals surface area (Å²) in [5, 5.41) is 13.9. The molecule has 2 rings (SSSR count). The second-order valence-electron chi connectivity index (χ2n) is 5.80. The minimum absolute atomic E-state index is 0.0635. The molecule has 7 heteroatoms. The van der Waals surface area contributed by atoms with Crippen molar-refractivity contribution in [3.05, 3.63) is 41.6 Å². The lowest BCUT2D eigenvalue weighted by Crippen LogP contribution is -2.30. The zero-order valence-electron chi connectivity index (χ0n) is 15.0. The van der Waals surface area contributed by atoms with E-state index >= 15 is 0 Å². The van der Waals surface area contributed by atoms with Crippen molar-refractivity contribution in [1.29, 1.82) is 0 Å². The first-order valence-electron chi connectivity index (χ1n) is 8.13. The van der Waals surface area contributed by atoms with Crippen molar-refractivity contribution in [2.24, 2.45) is 0 Å². The standard InChI is InChI=1S/C18H24N4O3/c1-12(2)20-18(23)14-6-8-17(22-21-14)19-10-9-13-5-7-15(24-3)16(11-13)25-4/h5-8,11-12H,9-10H2,1-4H3,(H,19,22)(H,20,23). The average Bonchev–Trinajstić information content (AvgIpc) is 2.61. The van der Waals surface area contributed by atoms with E-state index in [-0.39, 0.29) is 11.9 Å². The minimum Gasteiger partial charge on any atom is -0.493 e. The van der Waals surface area contributed by atoms with Crippen LogP contribution in [0.2, 0.25) is 0 Å². The normalized spacial score (nSPS) is 10.4. The van der Waals surface area contributed by atoms with Crippen LogP contribution in [0.1, 0.15) is 29.9 Å². The van der Waals surface area contributed by atoms with E-state index in [1.807, 2.05) is 32.0 Å². The van der Waals surface area contributed by atoms with Crippen molar-refractivity contribution in [3.63, 3.8) is 0 Å². The maximum Gasteiger partial charge on any atom is 0.271 e. The van der Waals surface area contributed by atoms with Gasteiger partial charge in [0.15, 0.2) is 17.2 Å². The molecule has 0 fully saturated rings. The van der Waals surface area contributed by atoms with E-state index in [9.17, 15) is 4.79 Å². The Morgan fingerprint density at radius 3 is 2.44 bits per heavy atom. The number of amides is 1. The van der Waals surface area contributed by atoms with Crippen LogP contribution in [0.15, 0.2) is 30.3 Å². The largest absolute Gasteiger partial charge is 0.493 e. The second-order valence-corrected chi connectivity index (χ2v) is 5.80. The number of carbonyl (C=O) groups is 1. The number of nitrogens with one attached hydrogen (secondary N) is 2. The van der Waals surface area contributed by atoms with Gasteiger partial charge in [-0.2, -0.15) is 0 Å². The second kappa shape index (κ2) is 8.86. The molecule has 0 bridgehead atoms. The number of carbonyl (C=O) groups excluding carboxylic acids is 1. The van der Waals surface area contributed by atoms with Crippen LogP contribution in [0.4, 0.5) is 5.82 Å². The van der Waals surface area contributed by atoms with Gasteiger partial charge in [-0.25, -0.2) is 0 Å². The fraction of sp³-hybridized carbons (Fsp3) is 0.389. The summed E-state index contributed by atoms with van der Waals surface area (Å²) in [5.74, 6) is 1.82. The fourth-order valence-electron chi connectivity index (χ4n) is 2.25. The predicted octanol–water partition coefficient (Wildman–Crippen LogP) is 2.29. The Labute approximate surface area is 147 Å². The highest BCUT2D eigenvalue weighted by Gasteiger charge is 2.09. The number of ether oxygens (including phenoxy) is 2. The molecule has 0 unspecified atom stereocenters. The van der Waals surface area contributed by atoms with Crippen LogP contribution in [-0.2, 0) is 6.42 Å². The predicted molar refractivity (Wildman–Crippen MR) is 96.4 cm³/mol. The van der Waals surface area contributed by atoms with Crippen LogP contribution < -0.4 is 20.1 Å². The number of anilines is 1. The molecule has 0 atom stereocenters. The molecule has 2 aromatic rings. The first-order valence-corrected chi connectivity index (χ1v) is 8.13. The van der Waals surface area contributed by atoms with Crippen molar-refractivity contribution >= 4 is 11.7 Å². The van der Waals surface area contributed by atoms with Crippen LogP contribution in [0.25, 0.3) is 0 Å². The number of hydrogen-bond acceptors (Lipinski definition) is 6. The van der Waals surface area contributed by atoms with E-state index in [1.54, 1.807) is 26.4 Å². The number of benzene rings is 1. The monoisotopic (exact) mass is 344 g/mol. The van der Waals surface area contributed by atoms with E-state index in [0.29, 0.717) is 29.6 Å². The van der Waals surface area contributed by atoms with Crippen LogP contribution in [-0.4, -0.2) is 42.9 Å². The zero-order valence-corrected chi connectivity index (χ0v) is 15.0. The lowest BCUT2D eigenvalue weighted by molar-refractivity contribution is 0.0937. The van der Waals surface area contributed by atoms with Crippen LogP contribution >= 0.6 is 0 Å². The summed E-state index contributed by atoms with van der Waals surface area (Å²) < 4.78 is 10.5. The molecule has 25 heavy (non-hydrogen) atoms. The number of methoxy groups -OCH3 is 2. The summed E-state index contributed by atoms with van der Waals surface area (Å²) in [7, 11) is 3.23. The average molecular weight is 344 g/mol. The summed E-state index contributed by atoms with van der Waals surface area (Å²) in [6, 6.07) is 9.30. The Morgan fingerprint density at radius 1 is 1.08 bits per heavy atom. The van der Waals surface area contributed by atoms with E-state index in [1.165, 1.54) is 0 Å². The highest BCUT2D eigenvalue weighted by molar-refractivity contribution is 5.92. The van der Waals surface area contributed by atoms with Gasteiger partial charge < -0.3 is 20.1 Å². The molecule has 1 aromatic carbocycles. The van der Waals surface area contributed by atoms with Crippen LogP contribution in [0, 0.1) is 0 Å². The Balaban J connectivity index is 1.88. The first-order chi connectivity index (χ1) is 12.0. The molecule has 0 saturated carbocycles. The number of rotatable bonds is 8. The number of aromatic nitrogens is 2. The van der Waals surface area contributed by atoms with Crippen molar-refractivity contribution in [3.8, 4) is 11.5 Å². The van der Waals surface area contributed by atoms with Gasteiger partial charge in [0, 0.05) is 12.6 Å². The van der Waals surface area contributed by atoms with Gasteiger partial charge in [-0.1, -0.05) is 6.07 Å². The number of hydrogen-bond donors (Lipinski definition) is 2. The van der Waals surface area contributed by atoms with Crippen molar-refractivity contribution in [2.75, 3.05) is 26.1 Å². The summed E-state index contributed by atoms with van der Waals surface area (Å²) >= 11 is 0. The molecule has 2 N–H and O–H groups in total. The van der Waals surface area contributed by atoms with Crippen molar-refractivity contribution in [2.45, 2.75) is 26.3 Å². The maximum absolute atomic E-state index is 11.8. The van der Waals surface area contributed by atoms with Crippen molar-refractivity contribution in [1.82, 2.24) is 15.5 Å². The Kier molecular flexibility index (Phi) is 6.56. The molecule has 0 aliphatic carbocycles. The molecule has 0 aliphatic heterocycles. The van der Waals surface area contributed by atoms with Gasteiger partial charge in [-0.05, 0) is 50.1 Å². The molecule has 134 valence electrons. The van der Waals surface area contributed by atoms with Crippen LogP contribution in [0.5, 0.6) is 11.5 Å². The lowest BCUT2D eigenvalue weighted by Gasteiger charge is -2.10. The highest BCUT2D eigenvalue weighted by atomic mass is 16.5. The van der Waals surface area contributed by atoms with Gasteiger partial charge in [0.2, 0.25) is 0 Å². The first kappa shape index (κ1) is 18.5. The van der Waals surface area contributed by atoms with Gasteiger partial charge >= 0.3 is 0 Å². The Bertz CT molecular complexity index is 702. The molecular weight excluding hydrogens is 320 g/mol. The zero-order chi connectivity index (χ0) is 18.2. The quantitative estimate of drug-likeness (QED) is 0.764. The molecule has 7 nitrogen and oxygen atoms in total. The molecule has 0 aliphatic rings. The third kappa shape index (κ3) is 5.34. The molecule has 1 aromatic heterocycles. The topological polar surface area (TPSA) is 85.4 Å². The van der Waals surface area contributed by atoms with E-state index < -0.39 is 0 Å². The fourth-order valence-corrected chi connectivity index (χ4v) is 2.25. The molecule has 1 amide bonds. The van der Waals surface area contributed by atoms with Gasteiger partial charge in [0.1, 0.15) is 5.82 Å². The third-order valence-corrected chi connectivity index (χ3v) is 3.48. The molecular formula is C18H24N4O3. The molecule has 0 spiro atoms. The molecule has 0 radical (unpaired) electrons. The van der Waals surface area contributed by atoms with E-state index in [2.05, 4.69) is 20.8 Å². The highest BCUT2D eigenvalue weighted by Crippen LogP contribution is 2.27. The van der Waals surface area contributed by atoms with Crippen LogP contribution in [0.3, 0.4) is 0 Å². The molecule has 0 saturated heterocycles. The number of nitrogens with zero attached hydrogens (tertiary/aromatic N) is 2. The maximum atomic E-state index is 11.8. The van der Waals surface area contributed by atoms with E-state index in [4.69, 9.17) is 9.47 Å². The van der Waals surface area contributed by atoms with E-state index in [0.717, 1.165) is 12.0 Å². The summed E-state index contributed by atoms with van der Waals surface area (Å²) in [4.78, 5) is 11.8. The van der Waals surface area contributed by atoms with Gasteiger partial charge in [-0.15, -0.1) is 10.2 Å². The lowest BCUT2D eigenvalue weighted by atomic mass is 10.1. The molecule has 1 heterocycles. The SMILES string of the molecule is COc1ccc(CCNc2ccc(C(=O)NC(C)C)nn2)cc1OC. The Hall–Kier alpha value is -2.83. The smallest absolute Gasteiger partial charge is 0.271 e. The summed E-state index contributed by atoms with van der Waals surface area (Å²) in [6.07, 6.45) is 0.789. The minimum atomic E-state index is -0.223.